The summed E-state index contributed by atoms with van der Waals surface area (Å²) in [5.74, 6) is 0. The molecule has 2 rings (SSSR count). The molecule has 2 nitrogen and oxygen atoms in total. The Morgan fingerprint density at radius 2 is 1.57 bits per heavy atom. The lowest BCUT2D eigenvalue weighted by molar-refractivity contribution is 0.589. The maximum Gasteiger partial charge on any atom is 0.0367 e. The van der Waals surface area contributed by atoms with Crippen LogP contribution in [0.1, 0.15) is 13.8 Å². The number of nitrogens with one attached hydrogen (secondary N) is 1. The molecule has 1 heterocycles. The first-order chi connectivity index (χ1) is 6.97. The van der Waals surface area contributed by atoms with Gasteiger partial charge in [0.25, 0.3) is 0 Å². The van der Waals surface area contributed by atoms with E-state index < -0.39 is 0 Å². The first-order valence-corrected chi connectivity index (χ1v) is 5.47. The fourth-order valence-corrected chi connectivity index (χ4v) is 1.56. The van der Waals surface area contributed by atoms with Crippen molar-refractivity contribution < 1.29 is 0 Å². The largest absolute Gasteiger partial charge is 0.369 e. The SMILES string of the molecule is CC.c1ccc(N2CCNCC2)cc1. The monoisotopic (exact) mass is 192 g/mol. The van der Waals surface area contributed by atoms with E-state index in [-0.39, 0.29) is 0 Å². The van der Waals surface area contributed by atoms with Crippen molar-refractivity contribution in [3.05, 3.63) is 30.3 Å². The smallest absolute Gasteiger partial charge is 0.0367 e. The van der Waals surface area contributed by atoms with Crippen LogP contribution < -0.4 is 10.2 Å². The van der Waals surface area contributed by atoms with E-state index in [1.54, 1.807) is 0 Å². The second-order valence-corrected chi connectivity index (χ2v) is 3.07. The Hall–Kier alpha value is -1.02. The zero-order chi connectivity index (χ0) is 10.2. The summed E-state index contributed by atoms with van der Waals surface area (Å²) in [5, 5.41) is 3.34. The molecule has 1 aliphatic rings. The van der Waals surface area contributed by atoms with Crippen molar-refractivity contribution in [1.29, 1.82) is 0 Å². The zero-order valence-corrected chi connectivity index (χ0v) is 9.16. The van der Waals surface area contributed by atoms with Gasteiger partial charge in [0.15, 0.2) is 0 Å². The number of anilines is 1. The molecule has 1 aromatic rings. The van der Waals surface area contributed by atoms with Crippen LogP contribution in [0, 0.1) is 0 Å². The topological polar surface area (TPSA) is 15.3 Å². The average molecular weight is 192 g/mol. The van der Waals surface area contributed by atoms with Gasteiger partial charge in [-0.15, -0.1) is 0 Å². The van der Waals surface area contributed by atoms with Crippen LogP contribution in [-0.2, 0) is 0 Å². The predicted molar refractivity (Wildman–Crippen MR) is 62.9 cm³/mol. The van der Waals surface area contributed by atoms with Gasteiger partial charge in [0.05, 0.1) is 0 Å². The van der Waals surface area contributed by atoms with E-state index >= 15 is 0 Å². The van der Waals surface area contributed by atoms with Crippen molar-refractivity contribution >= 4 is 5.69 Å². The predicted octanol–water partition coefficient (Wildman–Crippen LogP) is 2.12. The van der Waals surface area contributed by atoms with Gasteiger partial charge in [0.2, 0.25) is 0 Å². The van der Waals surface area contributed by atoms with Crippen molar-refractivity contribution in [1.82, 2.24) is 5.32 Å². The van der Waals surface area contributed by atoms with Gasteiger partial charge in [-0.1, -0.05) is 32.0 Å². The van der Waals surface area contributed by atoms with E-state index in [1.807, 2.05) is 13.8 Å². The van der Waals surface area contributed by atoms with Crippen molar-refractivity contribution in [2.75, 3.05) is 31.1 Å². The molecule has 0 aliphatic carbocycles. The summed E-state index contributed by atoms with van der Waals surface area (Å²) in [5.41, 5.74) is 1.35. The van der Waals surface area contributed by atoms with Crippen LogP contribution in [0.25, 0.3) is 0 Å². The van der Waals surface area contributed by atoms with E-state index in [1.165, 1.54) is 5.69 Å². The number of piperazine rings is 1. The van der Waals surface area contributed by atoms with Crippen LogP contribution in [0.15, 0.2) is 30.3 Å². The van der Waals surface area contributed by atoms with E-state index in [9.17, 15) is 0 Å². The molecule has 14 heavy (non-hydrogen) atoms. The molecule has 0 bridgehead atoms. The van der Waals surface area contributed by atoms with Gasteiger partial charge in [-0.25, -0.2) is 0 Å². The molecule has 0 radical (unpaired) electrons. The first kappa shape index (κ1) is 11.1. The summed E-state index contributed by atoms with van der Waals surface area (Å²) in [6.45, 7) is 8.47. The summed E-state index contributed by atoms with van der Waals surface area (Å²) in [6.07, 6.45) is 0. The maximum atomic E-state index is 3.34. The molecule has 0 unspecified atom stereocenters. The summed E-state index contributed by atoms with van der Waals surface area (Å²) >= 11 is 0. The minimum atomic E-state index is 1.11. The van der Waals surface area contributed by atoms with Gasteiger partial charge in [-0.05, 0) is 12.1 Å². The highest BCUT2D eigenvalue weighted by atomic mass is 15.2. The molecule has 0 amide bonds. The molecule has 2 heteroatoms. The van der Waals surface area contributed by atoms with Gasteiger partial charge in [-0.2, -0.15) is 0 Å². The number of nitrogens with zero attached hydrogens (tertiary/aromatic N) is 1. The Morgan fingerprint density at radius 3 is 2.14 bits per heavy atom. The normalized spacial score (nSPS) is 15.7. The second-order valence-electron chi connectivity index (χ2n) is 3.07. The molecule has 0 atom stereocenters. The molecule has 1 aliphatic heterocycles. The minimum Gasteiger partial charge on any atom is -0.369 e. The van der Waals surface area contributed by atoms with Crippen LogP contribution in [0.4, 0.5) is 5.69 Å². The number of hydrogen-bond donors (Lipinski definition) is 1. The van der Waals surface area contributed by atoms with E-state index in [2.05, 4.69) is 40.5 Å². The highest BCUT2D eigenvalue weighted by Gasteiger charge is 2.08. The Balaban J connectivity index is 0.000000461. The molecular weight excluding hydrogens is 172 g/mol. The molecule has 0 spiro atoms. The van der Waals surface area contributed by atoms with E-state index in [4.69, 9.17) is 0 Å². The summed E-state index contributed by atoms with van der Waals surface area (Å²) in [4.78, 5) is 2.41. The molecule has 1 aromatic carbocycles. The Bertz CT molecular complexity index is 227. The quantitative estimate of drug-likeness (QED) is 0.733. The van der Waals surface area contributed by atoms with Gasteiger partial charge in [0, 0.05) is 31.9 Å². The molecule has 1 N–H and O–H groups in total. The lowest BCUT2D eigenvalue weighted by Gasteiger charge is -2.29. The molecular formula is C12H20N2. The fourth-order valence-electron chi connectivity index (χ4n) is 1.56. The lowest BCUT2D eigenvalue weighted by Crippen LogP contribution is -2.43. The highest BCUT2D eigenvalue weighted by molar-refractivity contribution is 5.46. The van der Waals surface area contributed by atoms with Crippen LogP contribution in [0.2, 0.25) is 0 Å². The van der Waals surface area contributed by atoms with E-state index in [0.717, 1.165) is 26.2 Å². The second kappa shape index (κ2) is 6.44. The van der Waals surface area contributed by atoms with Gasteiger partial charge >= 0.3 is 0 Å². The minimum absolute atomic E-state index is 1.11. The van der Waals surface area contributed by atoms with Crippen LogP contribution in [0.3, 0.4) is 0 Å². The third-order valence-electron chi connectivity index (χ3n) is 2.24. The molecule has 1 fully saturated rings. The number of para-hydroxylation sites is 1. The Morgan fingerprint density at radius 1 is 1.00 bits per heavy atom. The first-order valence-electron chi connectivity index (χ1n) is 5.47. The van der Waals surface area contributed by atoms with Crippen molar-refractivity contribution in [2.24, 2.45) is 0 Å². The number of benzene rings is 1. The van der Waals surface area contributed by atoms with Crippen LogP contribution >= 0.6 is 0 Å². The molecule has 1 saturated heterocycles. The molecule has 0 aromatic heterocycles. The lowest BCUT2D eigenvalue weighted by atomic mass is 10.2. The standard InChI is InChI=1S/C10H14N2.C2H6/c1-2-4-10(5-3-1)12-8-6-11-7-9-12;1-2/h1-5,11H,6-9H2;1-2H3. The van der Waals surface area contributed by atoms with Crippen molar-refractivity contribution in [3.8, 4) is 0 Å². The van der Waals surface area contributed by atoms with Gasteiger partial charge in [-0.3, -0.25) is 0 Å². The molecule has 78 valence electrons. The number of rotatable bonds is 1. The van der Waals surface area contributed by atoms with Gasteiger partial charge < -0.3 is 10.2 Å². The fraction of sp³-hybridized carbons (Fsp3) is 0.500. The Labute approximate surface area is 86.9 Å². The van der Waals surface area contributed by atoms with Crippen molar-refractivity contribution in [3.63, 3.8) is 0 Å². The van der Waals surface area contributed by atoms with Crippen LogP contribution in [-0.4, -0.2) is 26.2 Å². The summed E-state index contributed by atoms with van der Waals surface area (Å²) in [7, 11) is 0. The van der Waals surface area contributed by atoms with E-state index in [0.29, 0.717) is 0 Å². The third kappa shape index (κ3) is 3.04. The summed E-state index contributed by atoms with van der Waals surface area (Å²) in [6, 6.07) is 10.6. The number of hydrogen-bond acceptors (Lipinski definition) is 2. The average Bonchev–Trinajstić information content (AvgIpc) is 2.34. The maximum absolute atomic E-state index is 3.34. The van der Waals surface area contributed by atoms with Crippen molar-refractivity contribution in [2.45, 2.75) is 13.8 Å². The zero-order valence-electron chi connectivity index (χ0n) is 9.16. The Kier molecular flexibility index (Phi) is 5.08. The highest BCUT2D eigenvalue weighted by Crippen LogP contribution is 2.12. The third-order valence-corrected chi connectivity index (χ3v) is 2.24. The summed E-state index contributed by atoms with van der Waals surface area (Å²) < 4.78 is 0. The molecule has 0 saturated carbocycles. The van der Waals surface area contributed by atoms with Crippen LogP contribution in [0.5, 0.6) is 0 Å². The van der Waals surface area contributed by atoms with Gasteiger partial charge in [0.1, 0.15) is 0 Å².